The fraction of sp³-hybridized carbons (Fsp3) is 0.261. The Balaban J connectivity index is 1.71. The maximum absolute atomic E-state index is 7.23. The topological polar surface area (TPSA) is 72.7 Å². The van der Waals surface area contributed by atoms with Gasteiger partial charge in [0, 0.05) is 24.2 Å². The van der Waals surface area contributed by atoms with E-state index in [1.165, 1.54) is 5.56 Å². The van der Waals surface area contributed by atoms with Crippen LogP contribution in [-0.4, -0.2) is 31.2 Å². The number of ether oxygens (including phenoxy) is 2. The van der Waals surface area contributed by atoms with Crippen LogP contribution in [0.15, 0.2) is 42.5 Å². The predicted octanol–water partition coefficient (Wildman–Crippen LogP) is 4.91. The second kappa shape index (κ2) is 8.29. The molecule has 7 nitrogen and oxygen atoms in total. The van der Waals surface area contributed by atoms with Gasteiger partial charge in [0.2, 0.25) is 11.6 Å². The quantitative estimate of drug-likeness (QED) is 0.572. The molecule has 3 aromatic rings. The number of nitrogens with one attached hydrogen (secondary N) is 2. The Labute approximate surface area is 175 Å². The Kier molecular flexibility index (Phi) is 5.40. The Bertz CT molecular complexity index is 1120. The third-order valence-electron chi connectivity index (χ3n) is 5.34. The number of nitrogens with zero attached hydrogens (tertiary/aromatic N) is 3. The van der Waals surface area contributed by atoms with Crippen molar-refractivity contribution in [2.24, 2.45) is 0 Å². The van der Waals surface area contributed by atoms with Crippen LogP contribution in [0.25, 0.3) is 4.85 Å². The predicted molar refractivity (Wildman–Crippen MR) is 117 cm³/mol. The van der Waals surface area contributed by atoms with Crippen LogP contribution in [0.4, 0.5) is 23.1 Å². The molecule has 0 saturated carbocycles. The SMILES string of the molecule is [C-]#[N+]c1ccc(Nc2nc(NC)c3c(n2)[C@@H](c2cccc(OC)c2)CC3)cc1OC. The molecule has 4 rings (SSSR count). The van der Waals surface area contributed by atoms with E-state index in [9.17, 15) is 0 Å². The number of benzene rings is 2. The summed E-state index contributed by atoms with van der Waals surface area (Å²) in [4.78, 5) is 13.0. The second-order valence-electron chi connectivity index (χ2n) is 7.00. The molecule has 0 fully saturated rings. The van der Waals surface area contributed by atoms with E-state index in [4.69, 9.17) is 21.0 Å². The van der Waals surface area contributed by atoms with Crippen LogP contribution < -0.4 is 20.1 Å². The molecule has 0 aliphatic heterocycles. The zero-order chi connectivity index (χ0) is 21.1. The molecule has 1 heterocycles. The van der Waals surface area contributed by atoms with Gasteiger partial charge >= 0.3 is 0 Å². The van der Waals surface area contributed by atoms with Gasteiger partial charge in [-0.15, -0.1) is 0 Å². The molecular formula is C23H23N5O2. The van der Waals surface area contributed by atoms with Gasteiger partial charge in [0.15, 0.2) is 0 Å². The Morgan fingerprint density at radius 3 is 2.70 bits per heavy atom. The van der Waals surface area contributed by atoms with Crippen molar-refractivity contribution in [3.05, 3.63) is 70.7 Å². The van der Waals surface area contributed by atoms with Gasteiger partial charge in [0.1, 0.15) is 17.3 Å². The lowest BCUT2D eigenvalue weighted by molar-refractivity contribution is 0.414. The van der Waals surface area contributed by atoms with E-state index in [-0.39, 0.29) is 5.92 Å². The van der Waals surface area contributed by atoms with Crippen LogP contribution in [0.3, 0.4) is 0 Å². The third kappa shape index (κ3) is 3.60. The summed E-state index contributed by atoms with van der Waals surface area (Å²) in [6, 6.07) is 13.5. The summed E-state index contributed by atoms with van der Waals surface area (Å²) in [5.74, 6) is 2.88. The number of hydrogen-bond donors (Lipinski definition) is 2. The first-order chi connectivity index (χ1) is 14.7. The molecular weight excluding hydrogens is 378 g/mol. The monoisotopic (exact) mass is 401 g/mol. The average molecular weight is 401 g/mol. The van der Waals surface area contributed by atoms with Crippen molar-refractivity contribution in [1.82, 2.24) is 9.97 Å². The van der Waals surface area contributed by atoms with Crippen molar-refractivity contribution in [1.29, 1.82) is 0 Å². The highest BCUT2D eigenvalue weighted by Crippen LogP contribution is 2.41. The minimum Gasteiger partial charge on any atom is -0.508 e. The molecule has 7 heteroatoms. The van der Waals surface area contributed by atoms with Gasteiger partial charge in [-0.3, -0.25) is 0 Å². The minimum atomic E-state index is 0.185. The maximum atomic E-state index is 7.23. The molecule has 2 N–H and O–H groups in total. The molecule has 1 aromatic heterocycles. The number of fused-ring (bicyclic) bond motifs is 1. The van der Waals surface area contributed by atoms with Gasteiger partial charge in [-0.05, 0) is 42.7 Å². The molecule has 0 unspecified atom stereocenters. The van der Waals surface area contributed by atoms with Crippen molar-refractivity contribution in [2.45, 2.75) is 18.8 Å². The van der Waals surface area contributed by atoms with E-state index in [0.717, 1.165) is 41.4 Å². The van der Waals surface area contributed by atoms with Gasteiger partial charge in [0.05, 0.1) is 26.5 Å². The molecule has 0 saturated heterocycles. The molecule has 1 aliphatic carbocycles. The number of hydrogen-bond acceptors (Lipinski definition) is 6. The molecule has 0 amide bonds. The first-order valence-electron chi connectivity index (χ1n) is 9.71. The molecule has 30 heavy (non-hydrogen) atoms. The normalized spacial score (nSPS) is 14.5. The standard InChI is InChI=1S/C23H23N5O2/c1-24-19-11-8-15(13-20(19)30-4)26-23-27-21-17(9-10-18(21)22(25-2)28-23)14-6-5-7-16(12-14)29-3/h5-8,11-13,17H,9-10H2,2-4H3,(H2,25,26,27,28)/t17-/m1/s1. The van der Waals surface area contributed by atoms with E-state index in [2.05, 4.69) is 32.6 Å². The highest BCUT2D eigenvalue weighted by atomic mass is 16.5. The molecule has 1 aliphatic rings. The van der Waals surface area contributed by atoms with E-state index >= 15 is 0 Å². The lowest BCUT2D eigenvalue weighted by Gasteiger charge is -2.16. The summed E-state index contributed by atoms with van der Waals surface area (Å²) >= 11 is 0. The zero-order valence-electron chi connectivity index (χ0n) is 17.2. The van der Waals surface area contributed by atoms with Gasteiger partial charge in [-0.1, -0.05) is 18.2 Å². The van der Waals surface area contributed by atoms with Crippen molar-refractivity contribution >= 4 is 23.1 Å². The van der Waals surface area contributed by atoms with Crippen LogP contribution >= 0.6 is 0 Å². The molecule has 0 spiro atoms. The molecule has 152 valence electrons. The fourth-order valence-corrected chi connectivity index (χ4v) is 3.88. The Morgan fingerprint density at radius 2 is 1.97 bits per heavy atom. The smallest absolute Gasteiger partial charge is 0.229 e. The highest BCUT2D eigenvalue weighted by Gasteiger charge is 2.29. The summed E-state index contributed by atoms with van der Waals surface area (Å²) in [6.45, 7) is 7.23. The molecule has 0 bridgehead atoms. The van der Waals surface area contributed by atoms with Gasteiger partial charge in [0.25, 0.3) is 0 Å². The van der Waals surface area contributed by atoms with Crippen molar-refractivity contribution < 1.29 is 9.47 Å². The number of methoxy groups -OCH3 is 2. The third-order valence-corrected chi connectivity index (χ3v) is 5.34. The Hall–Kier alpha value is -3.79. The fourth-order valence-electron chi connectivity index (χ4n) is 3.88. The highest BCUT2D eigenvalue weighted by molar-refractivity contribution is 5.67. The van der Waals surface area contributed by atoms with Crippen molar-refractivity contribution in [3.8, 4) is 11.5 Å². The first-order valence-corrected chi connectivity index (χ1v) is 9.71. The lowest BCUT2D eigenvalue weighted by atomic mass is 9.96. The van der Waals surface area contributed by atoms with E-state index < -0.39 is 0 Å². The van der Waals surface area contributed by atoms with Gasteiger partial charge in [-0.2, -0.15) is 4.98 Å². The first kappa shape index (κ1) is 19.5. The molecule has 1 atom stereocenters. The summed E-state index contributed by atoms with van der Waals surface area (Å²) < 4.78 is 10.7. The van der Waals surface area contributed by atoms with Crippen LogP contribution in [-0.2, 0) is 6.42 Å². The lowest BCUT2D eigenvalue weighted by Crippen LogP contribution is -2.08. The minimum absolute atomic E-state index is 0.185. The van der Waals surface area contributed by atoms with E-state index in [0.29, 0.717) is 17.4 Å². The van der Waals surface area contributed by atoms with Gasteiger partial charge in [-0.25, -0.2) is 9.83 Å². The second-order valence-corrected chi connectivity index (χ2v) is 7.00. The van der Waals surface area contributed by atoms with Crippen LogP contribution in [0.5, 0.6) is 11.5 Å². The summed E-state index contributed by atoms with van der Waals surface area (Å²) in [7, 11) is 5.11. The zero-order valence-corrected chi connectivity index (χ0v) is 17.2. The summed E-state index contributed by atoms with van der Waals surface area (Å²) in [5, 5.41) is 6.47. The van der Waals surface area contributed by atoms with E-state index in [1.807, 2.05) is 25.2 Å². The van der Waals surface area contributed by atoms with E-state index in [1.54, 1.807) is 26.4 Å². The van der Waals surface area contributed by atoms with Crippen LogP contribution in [0.1, 0.15) is 29.2 Å². The molecule has 0 radical (unpaired) electrons. The van der Waals surface area contributed by atoms with Crippen molar-refractivity contribution in [3.63, 3.8) is 0 Å². The summed E-state index contributed by atoms with van der Waals surface area (Å²) in [6.07, 6.45) is 1.89. The average Bonchev–Trinajstić information content (AvgIpc) is 3.22. The van der Waals surface area contributed by atoms with Crippen LogP contribution in [0.2, 0.25) is 0 Å². The maximum Gasteiger partial charge on any atom is 0.229 e. The number of anilines is 3. The molecule has 2 aromatic carbocycles. The van der Waals surface area contributed by atoms with Gasteiger partial charge < -0.3 is 20.1 Å². The van der Waals surface area contributed by atoms with Crippen molar-refractivity contribution in [2.75, 3.05) is 31.9 Å². The summed E-state index contributed by atoms with van der Waals surface area (Å²) in [5.41, 5.74) is 4.58. The number of rotatable bonds is 6. The van der Waals surface area contributed by atoms with Crippen LogP contribution in [0, 0.1) is 6.57 Å². The number of aromatic nitrogens is 2. The largest absolute Gasteiger partial charge is 0.508 e. The Morgan fingerprint density at radius 1 is 1.10 bits per heavy atom.